The van der Waals surface area contributed by atoms with Crippen LogP contribution in [0.25, 0.3) is 11.1 Å². The number of rotatable bonds is 6. The molecule has 0 amide bonds. The summed E-state index contributed by atoms with van der Waals surface area (Å²) in [6.45, 7) is 4.47. The summed E-state index contributed by atoms with van der Waals surface area (Å²) >= 11 is 0. The zero-order chi connectivity index (χ0) is 19.0. The summed E-state index contributed by atoms with van der Waals surface area (Å²) in [5.74, 6) is 2.99. The molecule has 1 saturated carbocycles. The van der Waals surface area contributed by atoms with Gasteiger partial charge in [0.1, 0.15) is 11.6 Å². The molecule has 4 rings (SSSR count). The van der Waals surface area contributed by atoms with Crippen LogP contribution in [0.15, 0.2) is 30.7 Å². The summed E-state index contributed by atoms with van der Waals surface area (Å²) in [5.41, 5.74) is 3.87. The molecule has 7 heteroatoms. The van der Waals surface area contributed by atoms with Crippen molar-refractivity contribution in [2.75, 3.05) is 13.7 Å². The lowest BCUT2D eigenvalue weighted by Gasteiger charge is -2.12. The van der Waals surface area contributed by atoms with Gasteiger partial charge in [-0.15, -0.1) is 0 Å². The molecule has 0 saturated heterocycles. The van der Waals surface area contributed by atoms with Gasteiger partial charge in [0.05, 0.1) is 37.4 Å². The largest absolute Gasteiger partial charge is 0.495 e. The van der Waals surface area contributed by atoms with Crippen LogP contribution in [0.3, 0.4) is 0 Å². The van der Waals surface area contributed by atoms with Crippen molar-refractivity contribution in [3.63, 3.8) is 0 Å². The van der Waals surface area contributed by atoms with E-state index < -0.39 is 0 Å². The predicted molar refractivity (Wildman–Crippen MR) is 101 cm³/mol. The molecule has 140 valence electrons. The van der Waals surface area contributed by atoms with Crippen molar-refractivity contribution >= 4 is 0 Å². The average Bonchev–Trinajstić information content (AvgIpc) is 3.31. The standard InChI is InChI=1S/C20H23N5O2/c1-12-19(15-8-22-25(3)10-15)20(24-13(2)23-12)27-11-14-7-17(14)18-6-5-16(26-4)9-21-18/h5-6,8-10,14,17H,7,11H2,1-4H3/t14-,17+/m1/s1. The van der Waals surface area contributed by atoms with Gasteiger partial charge in [0, 0.05) is 36.3 Å². The van der Waals surface area contributed by atoms with E-state index in [1.807, 2.05) is 45.4 Å². The van der Waals surface area contributed by atoms with Crippen LogP contribution in [0.2, 0.25) is 0 Å². The van der Waals surface area contributed by atoms with Gasteiger partial charge in [0.2, 0.25) is 5.88 Å². The molecule has 2 atom stereocenters. The molecule has 1 fully saturated rings. The number of hydrogen-bond acceptors (Lipinski definition) is 6. The van der Waals surface area contributed by atoms with Gasteiger partial charge in [0.25, 0.3) is 0 Å². The van der Waals surface area contributed by atoms with Crippen molar-refractivity contribution in [1.82, 2.24) is 24.7 Å². The number of pyridine rings is 1. The minimum Gasteiger partial charge on any atom is -0.495 e. The molecule has 3 heterocycles. The quantitative estimate of drug-likeness (QED) is 0.668. The number of methoxy groups -OCH3 is 1. The normalized spacial score (nSPS) is 18.4. The summed E-state index contributed by atoms with van der Waals surface area (Å²) in [6.07, 6.45) is 6.61. The second-order valence-electron chi connectivity index (χ2n) is 6.98. The van der Waals surface area contributed by atoms with Crippen LogP contribution in [0.4, 0.5) is 0 Å². The van der Waals surface area contributed by atoms with E-state index in [1.165, 1.54) is 0 Å². The van der Waals surface area contributed by atoms with E-state index in [-0.39, 0.29) is 0 Å². The molecule has 0 radical (unpaired) electrons. The number of ether oxygens (including phenoxy) is 2. The highest BCUT2D eigenvalue weighted by Crippen LogP contribution is 2.47. The first-order valence-electron chi connectivity index (χ1n) is 9.02. The van der Waals surface area contributed by atoms with Crippen LogP contribution in [-0.4, -0.2) is 38.4 Å². The van der Waals surface area contributed by atoms with Crippen LogP contribution < -0.4 is 9.47 Å². The lowest BCUT2D eigenvalue weighted by molar-refractivity contribution is 0.285. The Morgan fingerprint density at radius 2 is 2.04 bits per heavy atom. The van der Waals surface area contributed by atoms with Crippen molar-refractivity contribution in [3.05, 3.63) is 47.9 Å². The van der Waals surface area contributed by atoms with Crippen LogP contribution in [0, 0.1) is 19.8 Å². The van der Waals surface area contributed by atoms with E-state index >= 15 is 0 Å². The maximum absolute atomic E-state index is 6.14. The van der Waals surface area contributed by atoms with Gasteiger partial charge >= 0.3 is 0 Å². The fraction of sp³-hybridized carbons (Fsp3) is 0.400. The number of hydrogen-bond donors (Lipinski definition) is 0. The van der Waals surface area contributed by atoms with Gasteiger partial charge in [-0.3, -0.25) is 9.67 Å². The number of aryl methyl sites for hydroxylation is 3. The smallest absolute Gasteiger partial charge is 0.225 e. The van der Waals surface area contributed by atoms with Crippen LogP contribution >= 0.6 is 0 Å². The second kappa shape index (κ2) is 6.98. The second-order valence-corrected chi connectivity index (χ2v) is 6.98. The van der Waals surface area contributed by atoms with Gasteiger partial charge in [-0.05, 0) is 32.4 Å². The van der Waals surface area contributed by atoms with Crippen LogP contribution in [-0.2, 0) is 7.05 Å². The molecular weight excluding hydrogens is 342 g/mol. The first-order valence-corrected chi connectivity index (χ1v) is 9.02. The Bertz CT molecular complexity index is 952. The minimum atomic E-state index is 0.432. The Kier molecular flexibility index (Phi) is 4.51. The van der Waals surface area contributed by atoms with Crippen LogP contribution in [0.1, 0.15) is 29.6 Å². The lowest BCUT2D eigenvalue weighted by Crippen LogP contribution is -2.07. The number of nitrogens with zero attached hydrogens (tertiary/aromatic N) is 5. The first-order chi connectivity index (χ1) is 13.0. The van der Waals surface area contributed by atoms with Gasteiger partial charge in [-0.1, -0.05) is 0 Å². The Hall–Kier alpha value is -2.96. The molecule has 0 bridgehead atoms. The van der Waals surface area contributed by atoms with E-state index in [2.05, 4.69) is 20.1 Å². The van der Waals surface area contributed by atoms with Gasteiger partial charge in [-0.2, -0.15) is 10.1 Å². The fourth-order valence-electron chi connectivity index (χ4n) is 3.38. The summed E-state index contributed by atoms with van der Waals surface area (Å²) in [5, 5.41) is 4.26. The third-order valence-corrected chi connectivity index (χ3v) is 4.89. The third kappa shape index (κ3) is 3.63. The first kappa shape index (κ1) is 17.5. The molecule has 0 aliphatic heterocycles. The van der Waals surface area contributed by atoms with Crippen molar-refractivity contribution in [3.8, 4) is 22.8 Å². The fourth-order valence-corrected chi connectivity index (χ4v) is 3.38. The topological polar surface area (TPSA) is 75.0 Å². The predicted octanol–water partition coefficient (Wildman–Crippen LogP) is 3.08. The minimum absolute atomic E-state index is 0.432. The average molecular weight is 365 g/mol. The monoisotopic (exact) mass is 365 g/mol. The van der Waals surface area contributed by atoms with E-state index in [1.54, 1.807) is 18.0 Å². The third-order valence-electron chi connectivity index (χ3n) is 4.89. The molecule has 0 spiro atoms. The molecule has 3 aromatic heterocycles. The van der Waals surface area contributed by atoms with Crippen LogP contribution in [0.5, 0.6) is 11.6 Å². The molecular formula is C20H23N5O2. The summed E-state index contributed by atoms with van der Waals surface area (Å²) in [4.78, 5) is 13.5. The summed E-state index contributed by atoms with van der Waals surface area (Å²) in [6, 6.07) is 3.99. The SMILES string of the molecule is COc1ccc([C@H]2C[C@@H]2COc2nc(C)nc(C)c2-c2cnn(C)c2)nc1. The Labute approximate surface area is 158 Å². The number of aromatic nitrogens is 5. The highest BCUT2D eigenvalue weighted by Gasteiger charge is 2.40. The van der Waals surface area contributed by atoms with E-state index in [9.17, 15) is 0 Å². The Morgan fingerprint density at radius 1 is 1.19 bits per heavy atom. The highest BCUT2D eigenvalue weighted by atomic mass is 16.5. The Morgan fingerprint density at radius 3 is 2.70 bits per heavy atom. The Balaban J connectivity index is 1.49. The molecule has 1 aliphatic rings. The van der Waals surface area contributed by atoms with Gasteiger partial charge in [0.15, 0.2) is 0 Å². The zero-order valence-corrected chi connectivity index (χ0v) is 16.0. The van der Waals surface area contributed by atoms with E-state index in [4.69, 9.17) is 9.47 Å². The van der Waals surface area contributed by atoms with Crippen molar-refractivity contribution in [2.24, 2.45) is 13.0 Å². The summed E-state index contributed by atoms with van der Waals surface area (Å²) < 4.78 is 13.1. The molecule has 27 heavy (non-hydrogen) atoms. The van der Waals surface area contributed by atoms with E-state index in [0.717, 1.165) is 34.7 Å². The van der Waals surface area contributed by atoms with E-state index in [0.29, 0.717) is 30.1 Å². The maximum atomic E-state index is 6.14. The maximum Gasteiger partial charge on any atom is 0.225 e. The molecule has 7 nitrogen and oxygen atoms in total. The molecule has 0 N–H and O–H groups in total. The van der Waals surface area contributed by atoms with Crippen molar-refractivity contribution in [1.29, 1.82) is 0 Å². The molecule has 0 aromatic carbocycles. The van der Waals surface area contributed by atoms with Crippen molar-refractivity contribution in [2.45, 2.75) is 26.2 Å². The zero-order valence-electron chi connectivity index (χ0n) is 16.0. The van der Waals surface area contributed by atoms with Crippen molar-refractivity contribution < 1.29 is 9.47 Å². The molecule has 1 aliphatic carbocycles. The van der Waals surface area contributed by atoms with Gasteiger partial charge < -0.3 is 9.47 Å². The highest BCUT2D eigenvalue weighted by molar-refractivity contribution is 5.69. The lowest BCUT2D eigenvalue weighted by atomic mass is 10.1. The van der Waals surface area contributed by atoms with Gasteiger partial charge in [-0.25, -0.2) is 4.98 Å². The summed E-state index contributed by atoms with van der Waals surface area (Å²) in [7, 11) is 3.54. The molecule has 3 aromatic rings. The molecule has 0 unspecified atom stereocenters.